The molecule has 31 heavy (non-hydrogen) atoms. The number of aryl methyl sites for hydroxylation is 1. The number of carbonyl (C=O) groups is 1. The van der Waals surface area contributed by atoms with Crippen LogP contribution in [0.3, 0.4) is 0 Å². The van der Waals surface area contributed by atoms with Gasteiger partial charge in [0.2, 0.25) is 5.91 Å². The SMILES string of the molecule is Cc1ccc(S(=O)(=O)Oc2cccc([C@@H]3CN[C@H](C(=O)N4CCC[C@H]4C#N)C3)c2)cc1. The number of hydrogen-bond acceptors (Lipinski definition) is 6. The summed E-state index contributed by atoms with van der Waals surface area (Å²) in [5.74, 6) is 0.278. The average molecular weight is 440 g/mol. The number of amides is 1. The van der Waals surface area contributed by atoms with Crippen molar-refractivity contribution >= 4 is 16.0 Å². The zero-order valence-electron chi connectivity index (χ0n) is 17.3. The van der Waals surface area contributed by atoms with Crippen LogP contribution in [0.2, 0.25) is 0 Å². The van der Waals surface area contributed by atoms with Gasteiger partial charge in [-0.1, -0.05) is 29.8 Å². The number of benzene rings is 2. The molecule has 2 heterocycles. The van der Waals surface area contributed by atoms with Crippen molar-refractivity contribution in [3.8, 4) is 11.8 Å². The molecular formula is C23H25N3O4S. The summed E-state index contributed by atoms with van der Waals surface area (Å²) < 4.78 is 30.5. The first-order valence-electron chi connectivity index (χ1n) is 10.4. The molecule has 2 aromatic carbocycles. The predicted octanol–water partition coefficient (Wildman–Crippen LogP) is 2.72. The number of likely N-dealkylation sites (tertiary alicyclic amines) is 1. The van der Waals surface area contributed by atoms with Crippen LogP contribution in [-0.2, 0) is 14.9 Å². The minimum atomic E-state index is -3.92. The van der Waals surface area contributed by atoms with Gasteiger partial charge in [0.1, 0.15) is 16.7 Å². The highest BCUT2D eigenvalue weighted by Crippen LogP contribution is 2.31. The lowest BCUT2D eigenvalue weighted by Gasteiger charge is -2.23. The molecule has 0 unspecified atom stereocenters. The third kappa shape index (κ3) is 4.58. The maximum Gasteiger partial charge on any atom is 0.339 e. The highest BCUT2D eigenvalue weighted by Gasteiger charge is 2.37. The standard InChI is InChI=1S/C23H25N3O4S/c1-16-7-9-21(10-8-16)31(28,29)30-20-6-2-4-17(12-20)18-13-22(25-15-18)23(27)26-11-3-5-19(26)14-24/h2,4,6-10,12,18-19,22,25H,3,5,11,13,15H2,1H3/t18-,19-,22-/m0/s1. The van der Waals surface area contributed by atoms with Crippen molar-refractivity contribution in [2.75, 3.05) is 13.1 Å². The maximum atomic E-state index is 12.8. The first-order chi connectivity index (χ1) is 14.9. The summed E-state index contributed by atoms with van der Waals surface area (Å²) in [4.78, 5) is 14.6. The summed E-state index contributed by atoms with van der Waals surface area (Å²) in [5.41, 5.74) is 1.88. The lowest BCUT2D eigenvalue weighted by molar-refractivity contribution is -0.133. The van der Waals surface area contributed by atoms with Gasteiger partial charge in [0, 0.05) is 13.1 Å². The number of nitrogens with one attached hydrogen (secondary N) is 1. The largest absolute Gasteiger partial charge is 0.379 e. The van der Waals surface area contributed by atoms with Gasteiger partial charge in [0.05, 0.1) is 12.1 Å². The van der Waals surface area contributed by atoms with Gasteiger partial charge in [-0.3, -0.25) is 4.79 Å². The second-order valence-electron chi connectivity index (χ2n) is 8.14. The molecule has 1 amide bonds. The Morgan fingerprint density at radius 3 is 2.74 bits per heavy atom. The second-order valence-corrected chi connectivity index (χ2v) is 9.68. The van der Waals surface area contributed by atoms with Gasteiger partial charge >= 0.3 is 10.1 Å². The smallest absolute Gasteiger partial charge is 0.339 e. The van der Waals surface area contributed by atoms with Crippen LogP contribution in [-0.4, -0.2) is 44.4 Å². The number of carbonyl (C=O) groups excluding carboxylic acids is 1. The van der Waals surface area contributed by atoms with Crippen LogP contribution < -0.4 is 9.50 Å². The first kappa shape index (κ1) is 21.3. The van der Waals surface area contributed by atoms with Crippen LogP contribution in [0.1, 0.15) is 36.3 Å². The fourth-order valence-corrected chi connectivity index (χ4v) is 5.17. The van der Waals surface area contributed by atoms with Crippen molar-refractivity contribution in [3.05, 3.63) is 59.7 Å². The fourth-order valence-electron chi connectivity index (χ4n) is 4.24. The van der Waals surface area contributed by atoms with Crippen molar-refractivity contribution in [3.63, 3.8) is 0 Å². The first-order valence-corrected chi connectivity index (χ1v) is 11.8. The highest BCUT2D eigenvalue weighted by molar-refractivity contribution is 7.87. The van der Waals surface area contributed by atoms with Crippen LogP contribution in [0.25, 0.3) is 0 Å². The molecule has 2 fully saturated rings. The van der Waals surface area contributed by atoms with Crippen molar-refractivity contribution in [1.29, 1.82) is 5.26 Å². The monoisotopic (exact) mass is 439 g/mol. The molecule has 8 heteroatoms. The summed E-state index contributed by atoms with van der Waals surface area (Å²) in [6.45, 7) is 3.12. The van der Waals surface area contributed by atoms with Gasteiger partial charge in [-0.05, 0) is 61.9 Å². The van der Waals surface area contributed by atoms with Crippen molar-refractivity contribution in [1.82, 2.24) is 10.2 Å². The molecule has 2 aromatic rings. The molecule has 1 N–H and O–H groups in total. The van der Waals surface area contributed by atoms with E-state index in [1.54, 1.807) is 35.2 Å². The highest BCUT2D eigenvalue weighted by atomic mass is 32.2. The average Bonchev–Trinajstić information content (AvgIpc) is 3.43. The van der Waals surface area contributed by atoms with Crippen LogP contribution in [0.5, 0.6) is 5.75 Å². The van der Waals surface area contributed by atoms with Crippen LogP contribution >= 0.6 is 0 Å². The van der Waals surface area contributed by atoms with Gasteiger partial charge in [-0.25, -0.2) is 0 Å². The van der Waals surface area contributed by atoms with E-state index in [2.05, 4.69) is 11.4 Å². The topological polar surface area (TPSA) is 99.5 Å². The van der Waals surface area contributed by atoms with Crippen molar-refractivity contribution in [2.45, 2.75) is 49.1 Å². The van der Waals surface area contributed by atoms with E-state index >= 15 is 0 Å². The summed E-state index contributed by atoms with van der Waals surface area (Å²) >= 11 is 0. The minimum absolute atomic E-state index is 0.0269. The molecule has 162 valence electrons. The molecule has 7 nitrogen and oxygen atoms in total. The number of nitriles is 1. The summed E-state index contributed by atoms with van der Waals surface area (Å²) in [6.07, 6.45) is 2.18. The van der Waals surface area contributed by atoms with Crippen molar-refractivity contribution < 1.29 is 17.4 Å². The molecule has 2 aliphatic rings. The Kier molecular flexibility index (Phi) is 5.99. The van der Waals surface area contributed by atoms with E-state index in [1.165, 1.54) is 12.1 Å². The quantitative estimate of drug-likeness (QED) is 0.719. The summed E-state index contributed by atoms with van der Waals surface area (Å²) in [6, 6.07) is 15.1. The molecule has 0 bridgehead atoms. The minimum Gasteiger partial charge on any atom is -0.379 e. The fraction of sp³-hybridized carbons (Fsp3) is 0.391. The van der Waals surface area contributed by atoms with Gasteiger partial charge in [0.15, 0.2) is 0 Å². The molecule has 2 aliphatic heterocycles. The molecular weight excluding hydrogens is 414 g/mol. The Balaban J connectivity index is 1.45. The van der Waals surface area contributed by atoms with E-state index in [-0.39, 0.29) is 34.6 Å². The Morgan fingerprint density at radius 2 is 2.00 bits per heavy atom. The van der Waals surface area contributed by atoms with Gasteiger partial charge in [-0.15, -0.1) is 0 Å². The number of hydrogen-bond donors (Lipinski definition) is 1. The van der Waals surface area contributed by atoms with E-state index < -0.39 is 10.1 Å². The van der Waals surface area contributed by atoms with E-state index in [0.29, 0.717) is 19.5 Å². The Morgan fingerprint density at radius 1 is 1.23 bits per heavy atom. The van der Waals surface area contributed by atoms with Crippen LogP contribution in [0, 0.1) is 18.3 Å². The summed E-state index contributed by atoms with van der Waals surface area (Å²) in [7, 11) is -3.92. The maximum absolute atomic E-state index is 12.8. The molecule has 0 spiro atoms. The number of nitrogens with zero attached hydrogens (tertiary/aromatic N) is 2. The van der Waals surface area contributed by atoms with Crippen LogP contribution in [0.15, 0.2) is 53.4 Å². The molecule has 0 radical (unpaired) electrons. The molecule has 3 atom stereocenters. The van der Waals surface area contributed by atoms with E-state index in [0.717, 1.165) is 24.0 Å². The van der Waals surface area contributed by atoms with E-state index in [1.807, 2.05) is 13.0 Å². The lowest BCUT2D eigenvalue weighted by Crippen LogP contribution is -2.45. The normalized spacial score (nSPS) is 23.5. The zero-order valence-corrected chi connectivity index (χ0v) is 18.1. The lowest BCUT2D eigenvalue weighted by atomic mass is 9.95. The molecule has 0 aliphatic carbocycles. The Labute approximate surface area is 182 Å². The van der Waals surface area contributed by atoms with E-state index in [4.69, 9.17) is 4.18 Å². The van der Waals surface area contributed by atoms with Gasteiger partial charge in [0.25, 0.3) is 0 Å². The van der Waals surface area contributed by atoms with Gasteiger partial charge < -0.3 is 14.4 Å². The third-order valence-electron chi connectivity index (χ3n) is 5.96. The van der Waals surface area contributed by atoms with Crippen molar-refractivity contribution in [2.24, 2.45) is 0 Å². The zero-order chi connectivity index (χ0) is 22.0. The molecule has 0 saturated carbocycles. The molecule has 0 aromatic heterocycles. The molecule has 2 saturated heterocycles. The van der Waals surface area contributed by atoms with E-state index in [9.17, 15) is 18.5 Å². The van der Waals surface area contributed by atoms with Crippen LogP contribution in [0.4, 0.5) is 0 Å². The Bertz CT molecular complexity index is 1110. The third-order valence-corrected chi connectivity index (χ3v) is 7.22. The van der Waals surface area contributed by atoms with Gasteiger partial charge in [-0.2, -0.15) is 13.7 Å². The Hall–Kier alpha value is -2.89. The summed E-state index contributed by atoms with van der Waals surface area (Å²) in [5, 5.41) is 12.5. The predicted molar refractivity (Wildman–Crippen MR) is 115 cm³/mol. The molecule has 4 rings (SSSR count). The second kappa shape index (κ2) is 8.69. The number of rotatable bonds is 5.